The van der Waals surface area contributed by atoms with Gasteiger partial charge in [0.1, 0.15) is 11.9 Å². The van der Waals surface area contributed by atoms with E-state index in [9.17, 15) is 4.57 Å². The minimum absolute atomic E-state index is 0.125. The van der Waals surface area contributed by atoms with Crippen LogP contribution in [0.4, 0.5) is 11.9 Å². The van der Waals surface area contributed by atoms with Crippen molar-refractivity contribution in [2.24, 2.45) is 0 Å². The number of fused-ring (bicyclic) bond motifs is 1. The number of rotatable bonds is 14. The first-order valence-corrected chi connectivity index (χ1v) is 17.4. The molecule has 1 aliphatic carbocycles. The molecule has 3 N–H and O–H groups in total. The van der Waals surface area contributed by atoms with Gasteiger partial charge in [-0.1, -0.05) is 91.0 Å². The van der Waals surface area contributed by atoms with Crippen molar-refractivity contribution in [1.29, 1.82) is 0 Å². The van der Waals surface area contributed by atoms with Crippen molar-refractivity contribution in [1.82, 2.24) is 19.6 Å². The highest BCUT2D eigenvalue weighted by Crippen LogP contribution is 2.54. The Hall–Kier alpha value is -4.08. The zero-order chi connectivity index (χ0) is 32.4. The van der Waals surface area contributed by atoms with E-state index in [0.29, 0.717) is 18.0 Å². The predicted molar refractivity (Wildman–Crippen MR) is 180 cm³/mol. The van der Waals surface area contributed by atoms with Crippen molar-refractivity contribution >= 4 is 25.1 Å². The molecule has 6 rings (SSSR count). The molecule has 0 bridgehead atoms. The van der Waals surface area contributed by atoms with Crippen molar-refractivity contribution in [2.75, 3.05) is 17.4 Å². The fourth-order valence-electron chi connectivity index (χ4n) is 5.88. The molecule has 1 aliphatic rings. The number of nitrogens with two attached hydrogens (primary N) is 1. The fourth-order valence-corrected chi connectivity index (χ4v) is 7.76. The van der Waals surface area contributed by atoms with Gasteiger partial charge in [-0.3, -0.25) is 4.57 Å². The van der Waals surface area contributed by atoms with E-state index in [2.05, 4.69) is 51.8 Å². The van der Waals surface area contributed by atoms with Crippen LogP contribution >= 0.6 is 7.60 Å². The molecule has 0 amide bonds. The van der Waals surface area contributed by atoms with Gasteiger partial charge in [-0.25, -0.2) is 0 Å². The first-order chi connectivity index (χ1) is 22.1. The van der Waals surface area contributed by atoms with Crippen LogP contribution in [-0.4, -0.2) is 43.7 Å². The Labute approximate surface area is 269 Å². The molecule has 2 aromatic heterocycles. The van der Waals surface area contributed by atoms with Gasteiger partial charge in [-0.15, -0.1) is 0 Å². The van der Waals surface area contributed by atoms with Crippen molar-refractivity contribution in [2.45, 2.75) is 70.3 Å². The summed E-state index contributed by atoms with van der Waals surface area (Å²) < 4.78 is 32.7. The van der Waals surface area contributed by atoms with Gasteiger partial charge in [0.2, 0.25) is 11.9 Å². The zero-order valence-corrected chi connectivity index (χ0v) is 27.6. The first kappa shape index (κ1) is 31.9. The van der Waals surface area contributed by atoms with Crippen molar-refractivity contribution in [3.8, 4) is 0 Å². The summed E-state index contributed by atoms with van der Waals surface area (Å²) in [7, 11) is -3.45. The second-order valence-electron chi connectivity index (χ2n) is 12.3. The fraction of sp³-hybridized carbons (Fsp3) is 0.343. The number of benzene rings is 3. The second-order valence-corrected chi connectivity index (χ2v) is 14.2. The summed E-state index contributed by atoms with van der Waals surface area (Å²) in [6.45, 7) is 7.33. The number of nitrogens with zero attached hydrogens (tertiary/aromatic N) is 4. The van der Waals surface area contributed by atoms with Crippen LogP contribution in [0.2, 0.25) is 0 Å². The Morgan fingerprint density at radius 3 is 1.80 bits per heavy atom. The highest BCUT2D eigenvalue weighted by atomic mass is 31.2. The van der Waals surface area contributed by atoms with E-state index in [0.717, 1.165) is 35.1 Å². The summed E-state index contributed by atoms with van der Waals surface area (Å²) in [5.41, 5.74) is 9.64. The molecule has 1 fully saturated rings. The van der Waals surface area contributed by atoms with Gasteiger partial charge in [-0.05, 0) is 57.2 Å². The normalized spacial score (nSPS) is 14.7. The number of hydrogen-bond donors (Lipinski definition) is 2. The van der Waals surface area contributed by atoms with Crippen LogP contribution in [0.1, 0.15) is 62.8 Å². The SMILES string of the molecule is CC(C)OP(=O)(COC1(Cc2cnn3c(N)nc(NC(c4ccccc4)(c4ccccc4)c4ccccc4)nc23)CC1)OC(C)C. The van der Waals surface area contributed by atoms with Gasteiger partial charge in [0, 0.05) is 12.0 Å². The Bertz CT molecular complexity index is 1700. The Balaban J connectivity index is 1.36. The second kappa shape index (κ2) is 13.0. The maximum absolute atomic E-state index is 13.5. The van der Waals surface area contributed by atoms with Gasteiger partial charge in [0.25, 0.3) is 0 Å². The summed E-state index contributed by atoms with van der Waals surface area (Å²) in [4.78, 5) is 9.66. The Morgan fingerprint density at radius 2 is 1.35 bits per heavy atom. The van der Waals surface area contributed by atoms with Gasteiger partial charge in [0.05, 0.1) is 24.0 Å². The quantitative estimate of drug-likeness (QED) is 0.0957. The molecule has 2 heterocycles. The van der Waals surface area contributed by atoms with Crippen LogP contribution in [0.15, 0.2) is 97.2 Å². The van der Waals surface area contributed by atoms with Crippen molar-refractivity contribution in [3.63, 3.8) is 0 Å². The summed E-state index contributed by atoms with van der Waals surface area (Å²) >= 11 is 0. The van der Waals surface area contributed by atoms with Crippen LogP contribution in [0.3, 0.4) is 0 Å². The Morgan fingerprint density at radius 1 is 0.848 bits per heavy atom. The summed E-state index contributed by atoms with van der Waals surface area (Å²) in [5, 5.41) is 8.22. The molecular formula is C35H41N6O4P. The molecule has 0 aliphatic heterocycles. The highest BCUT2D eigenvalue weighted by Gasteiger charge is 2.47. The summed E-state index contributed by atoms with van der Waals surface area (Å²) in [6.07, 6.45) is 3.22. The van der Waals surface area contributed by atoms with Crippen LogP contribution < -0.4 is 11.1 Å². The lowest BCUT2D eigenvalue weighted by atomic mass is 9.77. The molecule has 10 nitrogen and oxygen atoms in total. The maximum atomic E-state index is 13.5. The number of anilines is 2. The molecular weight excluding hydrogens is 599 g/mol. The number of ether oxygens (including phenoxy) is 1. The minimum Gasteiger partial charge on any atom is -0.368 e. The van der Waals surface area contributed by atoms with Gasteiger partial charge < -0.3 is 24.8 Å². The highest BCUT2D eigenvalue weighted by molar-refractivity contribution is 7.53. The number of aromatic nitrogens is 4. The van der Waals surface area contributed by atoms with Gasteiger partial charge in [0.15, 0.2) is 5.65 Å². The third kappa shape index (κ3) is 6.71. The Kier molecular flexibility index (Phi) is 8.99. The lowest BCUT2D eigenvalue weighted by Crippen LogP contribution is -2.39. The van der Waals surface area contributed by atoms with Crippen LogP contribution in [0.25, 0.3) is 5.65 Å². The molecule has 11 heteroatoms. The van der Waals surface area contributed by atoms with Gasteiger partial charge >= 0.3 is 7.60 Å². The van der Waals surface area contributed by atoms with E-state index in [1.54, 1.807) is 10.7 Å². The first-order valence-electron chi connectivity index (χ1n) is 15.7. The lowest BCUT2D eigenvalue weighted by Gasteiger charge is -2.37. The number of nitrogen functional groups attached to an aromatic ring is 1. The van der Waals surface area contributed by atoms with Crippen LogP contribution in [0.5, 0.6) is 0 Å². The largest absolute Gasteiger partial charge is 0.368 e. The lowest BCUT2D eigenvalue weighted by molar-refractivity contribution is 0.0379. The minimum atomic E-state index is -3.45. The van der Waals surface area contributed by atoms with Crippen LogP contribution in [0, 0.1) is 0 Å². The molecule has 0 saturated heterocycles. The molecule has 46 heavy (non-hydrogen) atoms. The molecule has 0 spiro atoms. The molecule has 240 valence electrons. The van der Waals surface area contributed by atoms with Gasteiger partial charge in [-0.2, -0.15) is 19.6 Å². The van der Waals surface area contributed by atoms with E-state index >= 15 is 0 Å². The third-order valence-corrected chi connectivity index (χ3v) is 9.91. The molecule has 3 aromatic carbocycles. The van der Waals surface area contributed by atoms with Crippen molar-refractivity contribution < 1.29 is 18.3 Å². The topological polar surface area (TPSA) is 126 Å². The molecule has 5 aromatic rings. The molecule has 1 saturated carbocycles. The number of nitrogens with one attached hydrogen (secondary N) is 1. The number of hydrogen-bond acceptors (Lipinski definition) is 9. The summed E-state index contributed by atoms with van der Waals surface area (Å²) in [5.74, 6) is 0.557. The van der Waals surface area contributed by atoms with E-state index < -0.39 is 18.7 Å². The summed E-state index contributed by atoms with van der Waals surface area (Å²) in [6, 6.07) is 30.7. The van der Waals surface area contributed by atoms with E-state index in [1.165, 1.54) is 0 Å². The molecule has 0 unspecified atom stereocenters. The van der Waals surface area contributed by atoms with Crippen LogP contribution in [-0.2, 0) is 30.3 Å². The van der Waals surface area contributed by atoms with Crippen molar-refractivity contribution in [3.05, 3.63) is 119 Å². The predicted octanol–water partition coefficient (Wildman–Crippen LogP) is 7.20. The monoisotopic (exact) mass is 640 g/mol. The van der Waals surface area contributed by atoms with E-state index in [-0.39, 0.29) is 24.5 Å². The molecule has 0 atom stereocenters. The average molecular weight is 641 g/mol. The molecule has 0 radical (unpaired) electrons. The van der Waals surface area contributed by atoms with E-state index in [4.69, 9.17) is 24.5 Å². The smallest absolute Gasteiger partial charge is 0.356 e. The zero-order valence-electron chi connectivity index (χ0n) is 26.7. The maximum Gasteiger partial charge on any atom is 0.356 e. The van der Waals surface area contributed by atoms with E-state index in [1.807, 2.05) is 82.3 Å². The third-order valence-electron chi connectivity index (χ3n) is 7.98. The standard InChI is InChI=1S/C35H41N6O4P/c1-25(2)44-46(42,45-26(3)4)24-43-34(20-21-34)22-27-23-37-41-31(27)38-33(39-32(41)36)40-35(28-14-8-5-9-15-28,29-16-10-6-11-17-29)30-18-12-7-13-19-30/h5-19,23,25-26H,20-22,24H2,1-4H3,(H3,36,38,39,40). The average Bonchev–Trinajstić information content (AvgIpc) is 3.70.